The third-order valence-electron chi connectivity index (χ3n) is 7.21. The smallest absolute Gasteiger partial charge is 0.338 e. The average Bonchev–Trinajstić information content (AvgIpc) is 3.09. The van der Waals surface area contributed by atoms with Gasteiger partial charge in [0.15, 0.2) is 12.2 Å². The fraction of sp³-hybridized carbons (Fsp3) is 0.200. The van der Waals surface area contributed by atoms with Crippen molar-refractivity contribution in [2.24, 2.45) is 0 Å². The molecule has 0 N–H and O–H groups in total. The monoisotopic (exact) mass is 673 g/mol. The number of carbonyl (C=O) groups is 4. The first-order chi connectivity index (χ1) is 23.1. The van der Waals surface area contributed by atoms with Crippen LogP contribution in [-0.2, 0) is 23.7 Å². The van der Waals surface area contributed by atoms with Crippen LogP contribution in [0.2, 0.25) is 5.02 Å². The van der Waals surface area contributed by atoms with Crippen LogP contribution in [0.5, 0.6) is 5.75 Å². The van der Waals surface area contributed by atoms with Crippen LogP contribution in [0.3, 0.4) is 0 Å². The number of carbonyl (C=O) groups excluding carboxylic acids is 4. The Bertz CT molecular complexity index is 1790. The predicted octanol–water partition coefficient (Wildman–Crippen LogP) is 6.01. The Hall–Kier alpha value is -5.59. The molecule has 1 saturated heterocycles. The first-order valence-electron chi connectivity index (χ1n) is 14.6. The molecule has 5 rings (SSSR count). The Morgan fingerprint density at radius 3 is 1.60 bits per heavy atom. The van der Waals surface area contributed by atoms with E-state index >= 15 is 0 Å². The molecule has 4 aromatic rings. The van der Waals surface area contributed by atoms with Crippen molar-refractivity contribution in [2.75, 3.05) is 0 Å². The standard InChI is InChI=1S/C35H28ClNO11/c1-21(38)19-28-29(46-32(39)22-11-5-2-6-12-22)30(47-33(40)23-13-7-3-8-14-23)31(48-34(41)24-15-9-4-10-16-24)35(45-28)44-27-18-17-25(37(42)43)20-26(27)36/h2-18,20,28-31,35H,19H2,1H3/t28-,29-,30+,31-,35+/m1/s1. The highest BCUT2D eigenvalue weighted by molar-refractivity contribution is 6.32. The van der Waals surface area contributed by atoms with Crippen LogP contribution in [0.25, 0.3) is 0 Å². The highest BCUT2D eigenvalue weighted by Gasteiger charge is 2.54. The van der Waals surface area contributed by atoms with Gasteiger partial charge in [-0.1, -0.05) is 66.2 Å². The second-order valence-electron chi connectivity index (χ2n) is 10.6. The number of nitrogens with zero attached hydrogens (tertiary/aromatic N) is 1. The lowest BCUT2D eigenvalue weighted by Gasteiger charge is -2.44. The predicted molar refractivity (Wildman–Crippen MR) is 170 cm³/mol. The Morgan fingerprint density at radius 2 is 1.17 bits per heavy atom. The van der Waals surface area contributed by atoms with Crippen LogP contribution in [-0.4, -0.2) is 59.3 Å². The summed E-state index contributed by atoms with van der Waals surface area (Å²) >= 11 is 6.33. The maximum Gasteiger partial charge on any atom is 0.338 e. The van der Waals surface area contributed by atoms with Crippen molar-refractivity contribution in [2.45, 2.75) is 44.1 Å². The lowest BCUT2D eigenvalue weighted by molar-refractivity contribution is -0.384. The minimum absolute atomic E-state index is 0.109. The lowest BCUT2D eigenvalue weighted by atomic mass is 9.94. The number of ketones is 1. The van der Waals surface area contributed by atoms with Gasteiger partial charge in [0.2, 0.25) is 12.4 Å². The second-order valence-corrected chi connectivity index (χ2v) is 11.1. The molecule has 0 saturated carbocycles. The summed E-state index contributed by atoms with van der Waals surface area (Å²) in [4.78, 5) is 63.5. The Labute approximate surface area is 279 Å². The molecule has 0 spiro atoms. The van der Waals surface area contributed by atoms with E-state index in [0.717, 1.165) is 12.1 Å². The van der Waals surface area contributed by atoms with Gasteiger partial charge in [-0.05, 0) is 49.4 Å². The molecule has 1 heterocycles. The summed E-state index contributed by atoms with van der Waals surface area (Å²) in [5, 5.41) is 11.1. The normalized spacial score (nSPS) is 20.2. The molecule has 0 bridgehead atoms. The molecule has 1 aliphatic heterocycles. The fourth-order valence-electron chi connectivity index (χ4n) is 4.94. The number of nitro benzene ring substituents is 1. The number of non-ortho nitro benzene ring substituents is 1. The van der Waals surface area contributed by atoms with Crippen molar-refractivity contribution >= 4 is 41.0 Å². The molecule has 12 nitrogen and oxygen atoms in total. The zero-order chi connectivity index (χ0) is 34.2. The molecular formula is C35H28ClNO11. The van der Waals surface area contributed by atoms with Gasteiger partial charge >= 0.3 is 17.9 Å². The summed E-state index contributed by atoms with van der Waals surface area (Å²) in [7, 11) is 0. The van der Waals surface area contributed by atoms with Crippen molar-refractivity contribution in [3.8, 4) is 5.75 Å². The van der Waals surface area contributed by atoms with Crippen molar-refractivity contribution in [1.29, 1.82) is 0 Å². The van der Waals surface area contributed by atoms with E-state index < -0.39 is 53.5 Å². The number of nitro groups is 1. The topological polar surface area (TPSA) is 158 Å². The van der Waals surface area contributed by atoms with Crippen LogP contribution in [0.4, 0.5) is 5.69 Å². The number of Topliss-reactive ketones (excluding diaryl/α,β-unsaturated/α-hetero) is 1. The number of hydrogen-bond donors (Lipinski definition) is 0. The third-order valence-corrected chi connectivity index (χ3v) is 7.50. The van der Waals surface area contributed by atoms with Crippen molar-refractivity contribution in [1.82, 2.24) is 0 Å². The lowest BCUT2D eigenvalue weighted by Crippen LogP contribution is -2.63. The Balaban J connectivity index is 1.60. The average molecular weight is 674 g/mol. The molecule has 246 valence electrons. The maximum absolute atomic E-state index is 13.5. The number of hydrogen-bond acceptors (Lipinski definition) is 11. The van der Waals surface area contributed by atoms with Crippen LogP contribution in [0, 0.1) is 10.1 Å². The fourth-order valence-corrected chi connectivity index (χ4v) is 5.16. The number of halogens is 1. The van der Waals surface area contributed by atoms with E-state index in [0.29, 0.717) is 0 Å². The van der Waals surface area contributed by atoms with Gasteiger partial charge in [0.05, 0.1) is 26.6 Å². The zero-order valence-corrected chi connectivity index (χ0v) is 26.1. The summed E-state index contributed by atoms with van der Waals surface area (Å²) in [6, 6.07) is 27.2. The van der Waals surface area contributed by atoms with Gasteiger partial charge in [-0.2, -0.15) is 0 Å². The minimum atomic E-state index is -1.63. The van der Waals surface area contributed by atoms with Crippen LogP contribution < -0.4 is 4.74 Å². The van der Waals surface area contributed by atoms with Gasteiger partial charge in [-0.3, -0.25) is 14.9 Å². The molecule has 0 aliphatic carbocycles. The van der Waals surface area contributed by atoms with Crippen molar-refractivity contribution < 1.29 is 47.8 Å². The van der Waals surface area contributed by atoms with Crippen LogP contribution >= 0.6 is 11.6 Å². The minimum Gasteiger partial charge on any atom is -0.459 e. The van der Waals surface area contributed by atoms with Gasteiger partial charge < -0.3 is 23.7 Å². The van der Waals surface area contributed by atoms with Crippen molar-refractivity contribution in [3.05, 3.63) is 141 Å². The highest BCUT2D eigenvalue weighted by atomic mass is 35.5. The summed E-state index contributed by atoms with van der Waals surface area (Å²) in [6.45, 7) is 1.29. The summed E-state index contributed by atoms with van der Waals surface area (Å²) < 4.78 is 29.9. The van der Waals surface area contributed by atoms with E-state index in [1.54, 1.807) is 54.6 Å². The Kier molecular flexibility index (Phi) is 10.8. The molecule has 5 atom stereocenters. The maximum atomic E-state index is 13.5. The SMILES string of the molecule is CC(=O)C[C@H]1O[C@H](Oc2ccc([N+](=O)[O-])cc2Cl)[C@H](OC(=O)c2ccccc2)[C@@H](OC(=O)c2ccccc2)[C@@H]1OC(=O)c1ccccc1. The van der Waals surface area contributed by atoms with E-state index in [1.165, 1.54) is 49.4 Å². The Morgan fingerprint density at radius 1 is 0.708 bits per heavy atom. The van der Waals surface area contributed by atoms with Crippen molar-refractivity contribution in [3.63, 3.8) is 0 Å². The number of esters is 3. The largest absolute Gasteiger partial charge is 0.459 e. The van der Waals surface area contributed by atoms with E-state index in [2.05, 4.69) is 0 Å². The van der Waals surface area contributed by atoms with Gasteiger partial charge in [0, 0.05) is 18.6 Å². The van der Waals surface area contributed by atoms with Crippen LogP contribution in [0.1, 0.15) is 44.4 Å². The molecule has 0 unspecified atom stereocenters. The van der Waals surface area contributed by atoms with Gasteiger partial charge in [0.25, 0.3) is 5.69 Å². The van der Waals surface area contributed by atoms with Gasteiger partial charge in [-0.25, -0.2) is 14.4 Å². The molecule has 1 fully saturated rings. The second kappa shape index (κ2) is 15.3. The highest BCUT2D eigenvalue weighted by Crippen LogP contribution is 2.36. The summed E-state index contributed by atoms with van der Waals surface area (Å²) in [6.07, 6.45) is -7.96. The zero-order valence-electron chi connectivity index (χ0n) is 25.3. The molecule has 13 heteroatoms. The van der Waals surface area contributed by atoms with Crippen LogP contribution in [0.15, 0.2) is 109 Å². The summed E-state index contributed by atoms with van der Waals surface area (Å²) in [5.41, 5.74) is 0.0905. The van der Waals surface area contributed by atoms with E-state index in [9.17, 15) is 29.3 Å². The quantitative estimate of drug-likeness (QED) is 0.0795. The van der Waals surface area contributed by atoms with E-state index in [1.807, 2.05) is 0 Å². The molecule has 0 aromatic heterocycles. The molecule has 0 amide bonds. The molecule has 4 aromatic carbocycles. The molecule has 0 radical (unpaired) electrons. The van der Waals surface area contributed by atoms with Gasteiger partial charge in [-0.15, -0.1) is 0 Å². The molecule has 48 heavy (non-hydrogen) atoms. The number of rotatable bonds is 11. The number of ether oxygens (including phenoxy) is 5. The first-order valence-corrected chi connectivity index (χ1v) is 15.0. The summed E-state index contributed by atoms with van der Waals surface area (Å²) in [5.74, 6) is -3.04. The molecular weight excluding hydrogens is 646 g/mol. The molecule has 1 aliphatic rings. The van der Waals surface area contributed by atoms with E-state index in [-0.39, 0.29) is 45.4 Å². The number of benzene rings is 4. The third kappa shape index (κ3) is 8.21. The van der Waals surface area contributed by atoms with E-state index in [4.69, 9.17) is 35.3 Å². The van der Waals surface area contributed by atoms with Gasteiger partial charge in [0.1, 0.15) is 17.6 Å². The first kappa shape index (κ1) is 33.8.